The number of carbonyl (C=O) groups is 2. The highest BCUT2D eigenvalue weighted by atomic mass is 35.5. The zero-order chi connectivity index (χ0) is 22.5. The Morgan fingerprint density at radius 3 is 2.84 bits per heavy atom. The van der Waals surface area contributed by atoms with E-state index in [1.807, 2.05) is 6.92 Å². The minimum atomic E-state index is -0.468. The molecule has 2 aromatic heterocycles. The average molecular weight is 456 g/mol. The summed E-state index contributed by atoms with van der Waals surface area (Å²) >= 11 is 6.25. The lowest BCUT2D eigenvalue weighted by Gasteiger charge is -2.36. The van der Waals surface area contributed by atoms with E-state index in [0.29, 0.717) is 42.6 Å². The van der Waals surface area contributed by atoms with Crippen LogP contribution in [0.25, 0.3) is 5.65 Å². The van der Waals surface area contributed by atoms with E-state index in [-0.39, 0.29) is 28.9 Å². The van der Waals surface area contributed by atoms with Crippen LogP contribution >= 0.6 is 11.6 Å². The molecule has 0 bridgehead atoms. The highest BCUT2D eigenvalue weighted by molar-refractivity contribution is 6.34. The molecule has 1 atom stereocenters. The second-order valence-electron chi connectivity index (χ2n) is 8.80. The van der Waals surface area contributed by atoms with Crippen molar-refractivity contribution in [3.63, 3.8) is 0 Å². The van der Waals surface area contributed by atoms with Crippen LogP contribution in [-0.4, -0.2) is 38.5 Å². The largest absolute Gasteiger partial charge is 0.349 e. The predicted molar refractivity (Wildman–Crippen MR) is 118 cm³/mol. The zero-order valence-electron chi connectivity index (χ0n) is 17.6. The molecule has 1 aliphatic heterocycles. The first-order valence-corrected chi connectivity index (χ1v) is 11.1. The molecule has 0 radical (unpaired) electrons. The van der Waals surface area contributed by atoms with Gasteiger partial charge in [-0.1, -0.05) is 11.6 Å². The maximum atomic E-state index is 13.5. The molecule has 1 aliphatic carbocycles. The number of fused-ring (bicyclic) bond motifs is 1. The summed E-state index contributed by atoms with van der Waals surface area (Å²) < 4.78 is 15.0. The fourth-order valence-electron chi connectivity index (χ4n) is 5.21. The Hall–Kier alpha value is -3.00. The highest BCUT2D eigenvalue weighted by Crippen LogP contribution is 2.49. The fourth-order valence-corrected chi connectivity index (χ4v) is 5.46. The fraction of sp³-hybridized carbons (Fsp3) is 0.391. The summed E-state index contributed by atoms with van der Waals surface area (Å²) in [5.74, 6) is -0.592. The molecule has 2 fully saturated rings. The van der Waals surface area contributed by atoms with Crippen LogP contribution in [0.1, 0.15) is 49.4 Å². The lowest BCUT2D eigenvalue weighted by atomic mass is 9.70. The molecule has 9 heteroatoms. The van der Waals surface area contributed by atoms with Gasteiger partial charge in [-0.2, -0.15) is 5.10 Å². The van der Waals surface area contributed by atoms with Crippen LogP contribution in [0, 0.1) is 11.2 Å². The molecule has 7 nitrogen and oxygen atoms in total. The molecule has 1 saturated carbocycles. The SMILES string of the molecule is CC1CC2(CCC(NC(=O)c3cnn4cccnc34)CC2)C(=O)N1c1ccc(F)cc1Cl. The Bertz CT molecular complexity index is 1200. The van der Waals surface area contributed by atoms with E-state index in [1.54, 1.807) is 33.9 Å². The number of halogens is 2. The molecule has 3 heterocycles. The smallest absolute Gasteiger partial charge is 0.256 e. The first-order valence-electron chi connectivity index (χ1n) is 10.8. The van der Waals surface area contributed by atoms with Gasteiger partial charge in [-0.25, -0.2) is 13.9 Å². The van der Waals surface area contributed by atoms with E-state index in [2.05, 4.69) is 15.4 Å². The van der Waals surface area contributed by atoms with Crippen molar-refractivity contribution < 1.29 is 14.0 Å². The van der Waals surface area contributed by atoms with E-state index in [1.165, 1.54) is 18.3 Å². The molecule has 32 heavy (non-hydrogen) atoms. The van der Waals surface area contributed by atoms with Gasteiger partial charge in [0, 0.05) is 24.5 Å². The maximum Gasteiger partial charge on any atom is 0.256 e. The zero-order valence-corrected chi connectivity index (χ0v) is 18.3. The Morgan fingerprint density at radius 1 is 1.31 bits per heavy atom. The predicted octanol–water partition coefficient (Wildman–Crippen LogP) is 4.01. The molecular formula is C23H23ClFN5O2. The standard InChI is InChI=1S/C23H23ClFN5O2/c1-14-12-23(22(32)30(14)19-4-3-15(25)11-18(19)24)7-5-16(6-8-23)28-21(31)17-13-27-29-10-2-9-26-20(17)29/h2-4,9-11,13-14,16H,5-8,12H2,1H3,(H,28,31). The number of aromatic nitrogens is 3. The van der Waals surface area contributed by atoms with Crippen LogP contribution in [0.15, 0.2) is 42.9 Å². The van der Waals surface area contributed by atoms with Crippen molar-refractivity contribution in [2.45, 2.75) is 51.1 Å². The number of anilines is 1. The van der Waals surface area contributed by atoms with Crippen molar-refractivity contribution in [2.75, 3.05) is 4.90 Å². The molecule has 1 N–H and O–H groups in total. The van der Waals surface area contributed by atoms with E-state index >= 15 is 0 Å². The van der Waals surface area contributed by atoms with Crippen molar-refractivity contribution in [2.24, 2.45) is 5.41 Å². The minimum absolute atomic E-state index is 0.0154. The van der Waals surface area contributed by atoms with Gasteiger partial charge in [0.25, 0.3) is 5.91 Å². The van der Waals surface area contributed by atoms with Gasteiger partial charge >= 0.3 is 0 Å². The Kier molecular flexibility index (Phi) is 5.12. The summed E-state index contributed by atoms with van der Waals surface area (Å²) in [6.07, 6.45) is 8.41. The van der Waals surface area contributed by atoms with Crippen molar-refractivity contribution >= 4 is 34.7 Å². The Morgan fingerprint density at radius 2 is 2.09 bits per heavy atom. The second kappa shape index (κ2) is 7.85. The molecule has 1 unspecified atom stereocenters. The van der Waals surface area contributed by atoms with Crippen molar-refractivity contribution in [3.05, 3.63) is 59.3 Å². The van der Waals surface area contributed by atoms with Gasteiger partial charge < -0.3 is 10.2 Å². The first kappa shape index (κ1) is 20.9. The number of benzene rings is 1. The minimum Gasteiger partial charge on any atom is -0.349 e. The third kappa shape index (κ3) is 3.43. The molecule has 2 amide bonds. The van der Waals surface area contributed by atoms with E-state index < -0.39 is 11.2 Å². The van der Waals surface area contributed by atoms with Crippen molar-refractivity contribution in [1.82, 2.24) is 19.9 Å². The summed E-state index contributed by atoms with van der Waals surface area (Å²) in [5.41, 5.74) is 1.04. The molecule has 2 aliphatic rings. The lowest BCUT2D eigenvalue weighted by molar-refractivity contribution is -0.127. The second-order valence-corrected chi connectivity index (χ2v) is 9.21. The number of carbonyl (C=O) groups excluding carboxylic acids is 2. The molecule has 166 valence electrons. The average Bonchev–Trinajstić information content (AvgIpc) is 3.30. The summed E-state index contributed by atoms with van der Waals surface area (Å²) in [5, 5.41) is 7.49. The first-order chi connectivity index (χ1) is 15.4. The van der Waals surface area contributed by atoms with Gasteiger partial charge in [-0.05, 0) is 63.3 Å². The monoisotopic (exact) mass is 455 g/mol. The number of nitrogens with zero attached hydrogens (tertiary/aromatic N) is 4. The number of amides is 2. The van der Waals surface area contributed by atoms with Crippen LogP contribution in [0.3, 0.4) is 0 Å². The third-order valence-electron chi connectivity index (χ3n) is 6.77. The van der Waals surface area contributed by atoms with Crippen LogP contribution < -0.4 is 10.2 Å². The van der Waals surface area contributed by atoms with E-state index in [4.69, 9.17) is 11.6 Å². The van der Waals surface area contributed by atoms with Gasteiger partial charge in [-0.15, -0.1) is 0 Å². The lowest BCUT2D eigenvalue weighted by Crippen LogP contribution is -2.44. The van der Waals surface area contributed by atoms with Gasteiger partial charge in [0.2, 0.25) is 5.91 Å². The summed E-state index contributed by atoms with van der Waals surface area (Å²) in [6.45, 7) is 2.00. The highest BCUT2D eigenvalue weighted by Gasteiger charge is 2.52. The molecule has 1 spiro atoms. The summed E-state index contributed by atoms with van der Waals surface area (Å²) in [4.78, 5) is 32.2. The topological polar surface area (TPSA) is 79.6 Å². The molecule has 3 aromatic rings. The Balaban J connectivity index is 1.28. The van der Waals surface area contributed by atoms with E-state index in [0.717, 1.165) is 6.42 Å². The maximum absolute atomic E-state index is 13.5. The normalized spacial score (nSPS) is 25.6. The molecular weight excluding hydrogens is 433 g/mol. The summed E-state index contributed by atoms with van der Waals surface area (Å²) in [7, 11) is 0. The Labute approximate surface area is 189 Å². The quantitative estimate of drug-likeness (QED) is 0.647. The van der Waals surface area contributed by atoms with Gasteiger partial charge in [-0.3, -0.25) is 9.59 Å². The van der Waals surface area contributed by atoms with Gasteiger partial charge in [0.05, 0.1) is 22.3 Å². The molecule has 5 rings (SSSR count). The van der Waals surface area contributed by atoms with Crippen LogP contribution in [0.2, 0.25) is 5.02 Å². The third-order valence-corrected chi connectivity index (χ3v) is 7.07. The van der Waals surface area contributed by atoms with Crippen LogP contribution in [0.5, 0.6) is 0 Å². The number of nitrogens with one attached hydrogen (secondary N) is 1. The van der Waals surface area contributed by atoms with Crippen LogP contribution in [0.4, 0.5) is 10.1 Å². The number of hydrogen-bond acceptors (Lipinski definition) is 4. The van der Waals surface area contributed by atoms with Crippen LogP contribution in [-0.2, 0) is 4.79 Å². The molecule has 1 saturated heterocycles. The van der Waals surface area contributed by atoms with Gasteiger partial charge in [0.1, 0.15) is 11.4 Å². The van der Waals surface area contributed by atoms with Gasteiger partial charge in [0.15, 0.2) is 5.65 Å². The van der Waals surface area contributed by atoms with Crippen molar-refractivity contribution in [3.8, 4) is 0 Å². The number of hydrogen-bond donors (Lipinski definition) is 1. The van der Waals surface area contributed by atoms with Crippen molar-refractivity contribution in [1.29, 1.82) is 0 Å². The number of rotatable bonds is 3. The van der Waals surface area contributed by atoms with E-state index in [9.17, 15) is 14.0 Å². The molecule has 1 aromatic carbocycles. The summed E-state index contributed by atoms with van der Waals surface area (Å²) in [6, 6.07) is 5.85.